The first-order valence-corrected chi connectivity index (χ1v) is 25.2. The summed E-state index contributed by atoms with van der Waals surface area (Å²) in [6, 6.07) is 98.1. The maximum atomic E-state index is 6.26. The van der Waals surface area contributed by atoms with E-state index in [9.17, 15) is 0 Å². The van der Waals surface area contributed by atoms with Gasteiger partial charge in [-0.15, -0.1) is 0 Å². The average molecular weight is 925 g/mol. The fraction of sp³-hybridized carbons (Fsp3) is 0. The van der Waals surface area contributed by atoms with Crippen LogP contribution in [0.3, 0.4) is 0 Å². The molecule has 0 aliphatic rings. The van der Waals surface area contributed by atoms with Gasteiger partial charge < -0.3 is 4.42 Å². The molecule has 0 bridgehead atoms. The second-order valence-electron chi connectivity index (χ2n) is 19.4. The maximum Gasteiger partial charge on any atom is 0.135 e. The smallest absolute Gasteiger partial charge is 0.135 e. The zero-order valence-corrected chi connectivity index (χ0v) is 39.8. The Kier molecular flexibility index (Phi) is 9.33. The van der Waals surface area contributed by atoms with Gasteiger partial charge in [-0.25, -0.2) is 0 Å². The van der Waals surface area contributed by atoms with Crippen LogP contribution in [0.2, 0.25) is 0 Å². The molecule has 0 aliphatic carbocycles. The zero-order valence-electron chi connectivity index (χ0n) is 39.8. The van der Waals surface area contributed by atoms with Gasteiger partial charge in [-0.1, -0.05) is 237 Å². The van der Waals surface area contributed by atoms with Gasteiger partial charge in [0.25, 0.3) is 0 Å². The van der Waals surface area contributed by atoms with Crippen LogP contribution in [-0.4, -0.2) is 0 Å². The summed E-state index contributed by atoms with van der Waals surface area (Å²) in [5.74, 6) is 0. The van der Waals surface area contributed by atoms with E-state index >= 15 is 0 Å². The molecule has 73 heavy (non-hydrogen) atoms. The van der Waals surface area contributed by atoms with E-state index in [1.165, 1.54) is 131 Å². The normalized spacial score (nSPS) is 11.8. The van der Waals surface area contributed by atoms with Gasteiger partial charge in [0.2, 0.25) is 0 Å². The molecular weight excluding hydrogens is 881 g/mol. The van der Waals surface area contributed by atoms with E-state index in [-0.39, 0.29) is 0 Å². The number of benzene rings is 14. The summed E-state index contributed by atoms with van der Waals surface area (Å²) in [6.07, 6.45) is 0. The van der Waals surface area contributed by atoms with E-state index in [4.69, 9.17) is 4.42 Å². The Balaban J connectivity index is 0.799. The predicted molar refractivity (Wildman–Crippen MR) is 311 cm³/mol. The Hall–Kier alpha value is -9.56. The first-order chi connectivity index (χ1) is 36.2. The van der Waals surface area contributed by atoms with Crippen LogP contribution in [0.25, 0.3) is 153 Å². The monoisotopic (exact) mass is 924 g/mol. The molecular formula is C72H44O. The molecule has 0 radical (unpaired) electrons. The molecule has 0 saturated carbocycles. The third kappa shape index (κ3) is 6.56. The summed E-state index contributed by atoms with van der Waals surface area (Å²) < 4.78 is 6.26. The second kappa shape index (κ2) is 16.5. The Morgan fingerprint density at radius 1 is 0.178 bits per heavy atom. The molecule has 14 aromatic carbocycles. The molecule has 0 saturated heterocycles. The number of hydrogen-bond donors (Lipinski definition) is 0. The quantitative estimate of drug-likeness (QED) is 0.151. The van der Waals surface area contributed by atoms with Crippen molar-refractivity contribution in [3.8, 4) is 66.8 Å². The van der Waals surface area contributed by atoms with Crippen LogP contribution in [0, 0.1) is 0 Å². The summed E-state index contributed by atoms with van der Waals surface area (Å²) in [5, 5.41) is 17.2. The summed E-state index contributed by atoms with van der Waals surface area (Å²) in [5.41, 5.74) is 16.6. The van der Waals surface area contributed by atoms with E-state index in [1.807, 2.05) is 6.07 Å². The molecule has 1 nitrogen and oxygen atoms in total. The molecule has 1 aromatic heterocycles. The van der Waals surface area contributed by atoms with Gasteiger partial charge in [-0.2, -0.15) is 0 Å². The van der Waals surface area contributed by atoms with Crippen LogP contribution in [-0.2, 0) is 0 Å². The Morgan fingerprint density at radius 2 is 0.562 bits per heavy atom. The van der Waals surface area contributed by atoms with Gasteiger partial charge >= 0.3 is 0 Å². The average Bonchev–Trinajstić information content (AvgIpc) is 3.84. The predicted octanol–water partition coefficient (Wildman–Crippen LogP) is 20.5. The fourth-order valence-corrected chi connectivity index (χ4v) is 12.2. The number of rotatable bonds is 6. The summed E-state index contributed by atoms with van der Waals surface area (Å²) in [7, 11) is 0. The van der Waals surface area contributed by atoms with Gasteiger partial charge in [-0.05, 0) is 162 Å². The molecule has 1 heteroatoms. The van der Waals surface area contributed by atoms with Crippen LogP contribution in [0.5, 0.6) is 0 Å². The molecule has 0 fully saturated rings. The van der Waals surface area contributed by atoms with Crippen molar-refractivity contribution in [2.24, 2.45) is 0 Å². The minimum absolute atomic E-state index is 0.908. The summed E-state index contributed by atoms with van der Waals surface area (Å²) >= 11 is 0. The lowest BCUT2D eigenvalue weighted by atomic mass is 9.84. The van der Waals surface area contributed by atoms with Crippen molar-refractivity contribution in [3.05, 3.63) is 267 Å². The number of fused-ring (bicyclic) bond motifs is 9. The van der Waals surface area contributed by atoms with Gasteiger partial charge in [0.15, 0.2) is 0 Å². The second-order valence-corrected chi connectivity index (χ2v) is 19.4. The number of furan rings is 1. The van der Waals surface area contributed by atoms with Gasteiger partial charge in [-0.3, -0.25) is 0 Å². The van der Waals surface area contributed by atoms with E-state index in [0.717, 1.165) is 21.9 Å². The van der Waals surface area contributed by atoms with Gasteiger partial charge in [0.1, 0.15) is 11.2 Å². The lowest BCUT2D eigenvalue weighted by Crippen LogP contribution is -1.92. The SMILES string of the molecule is c1ccc(-c2c3ccccc3c(-c3ccc(-c4cccc5cc(-c6ccc7c(-c8c9ccccc9c(-c9ccc%10oc%11ccccc%11c%10c9)c9ccccc89)cccc7c6)ccc45)cc3)c3ccccc23)cc1. The van der Waals surface area contributed by atoms with Crippen LogP contribution in [0.1, 0.15) is 0 Å². The Labute approximate surface area is 422 Å². The minimum atomic E-state index is 0.908. The molecule has 0 aliphatic heterocycles. The van der Waals surface area contributed by atoms with E-state index in [0.29, 0.717) is 0 Å². The molecule has 0 unspecified atom stereocenters. The topological polar surface area (TPSA) is 13.1 Å². The van der Waals surface area contributed by atoms with Crippen LogP contribution >= 0.6 is 0 Å². The van der Waals surface area contributed by atoms with E-state index in [2.05, 4.69) is 261 Å². The first-order valence-electron chi connectivity index (χ1n) is 25.2. The van der Waals surface area contributed by atoms with Crippen molar-refractivity contribution in [1.29, 1.82) is 0 Å². The molecule has 0 atom stereocenters. The van der Waals surface area contributed by atoms with Crippen molar-refractivity contribution in [3.63, 3.8) is 0 Å². The minimum Gasteiger partial charge on any atom is -0.456 e. The van der Waals surface area contributed by atoms with Crippen LogP contribution in [0.4, 0.5) is 0 Å². The largest absolute Gasteiger partial charge is 0.456 e. The fourth-order valence-electron chi connectivity index (χ4n) is 12.2. The standard InChI is InChI=1S/C72H44O/c1-2-16-46(17-3-1)69-58-21-4-6-23-60(58)70(61-24-7-5-22-59(61)69)47-34-32-45(33-35-47)53-29-14-18-50-42-48(36-39-54(50)53)49-37-40-55-51(43-49)19-15-30-57(55)72-64-27-10-8-25-62(64)71(63-26-9-11-28-65(63)72)52-38-41-68-66(44-52)56-20-12-13-31-67(56)73-68/h1-44H. The molecule has 338 valence electrons. The third-order valence-corrected chi connectivity index (χ3v) is 15.4. The van der Waals surface area contributed by atoms with Crippen molar-refractivity contribution < 1.29 is 4.42 Å². The van der Waals surface area contributed by atoms with E-state index < -0.39 is 0 Å². The maximum absolute atomic E-state index is 6.26. The lowest BCUT2D eigenvalue weighted by molar-refractivity contribution is 0.669. The highest BCUT2D eigenvalue weighted by atomic mass is 16.3. The van der Waals surface area contributed by atoms with Crippen molar-refractivity contribution in [2.45, 2.75) is 0 Å². The summed E-state index contributed by atoms with van der Waals surface area (Å²) in [6.45, 7) is 0. The Morgan fingerprint density at radius 3 is 1.11 bits per heavy atom. The summed E-state index contributed by atoms with van der Waals surface area (Å²) in [4.78, 5) is 0. The Bertz CT molecular complexity index is 4600. The molecule has 15 aromatic rings. The number of hydrogen-bond acceptors (Lipinski definition) is 1. The van der Waals surface area contributed by atoms with Gasteiger partial charge in [0, 0.05) is 10.8 Å². The highest BCUT2D eigenvalue weighted by Gasteiger charge is 2.21. The number of para-hydroxylation sites is 1. The van der Waals surface area contributed by atoms with Crippen molar-refractivity contribution in [2.75, 3.05) is 0 Å². The van der Waals surface area contributed by atoms with Crippen molar-refractivity contribution in [1.82, 2.24) is 0 Å². The molecule has 0 N–H and O–H groups in total. The first kappa shape index (κ1) is 41.2. The van der Waals surface area contributed by atoms with Gasteiger partial charge in [0.05, 0.1) is 0 Å². The lowest BCUT2D eigenvalue weighted by Gasteiger charge is -2.19. The van der Waals surface area contributed by atoms with E-state index in [1.54, 1.807) is 0 Å². The molecule has 1 heterocycles. The molecule has 0 spiro atoms. The third-order valence-electron chi connectivity index (χ3n) is 15.4. The van der Waals surface area contributed by atoms with Crippen molar-refractivity contribution >= 4 is 86.6 Å². The highest BCUT2D eigenvalue weighted by molar-refractivity contribution is 6.25. The molecule has 0 amide bonds. The highest BCUT2D eigenvalue weighted by Crippen LogP contribution is 2.48. The van der Waals surface area contributed by atoms with Crippen LogP contribution in [0.15, 0.2) is 271 Å². The molecule has 15 rings (SSSR count). The van der Waals surface area contributed by atoms with Crippen LogP contribution < -0.4 is 0 Å². The zero-order chi connectivity index (χ0) is 48.0.